The molecule has 0 amide bonds. The molecule has 0 spiro atoms. The lowest BCUT2D eigenvalue weighted by Crippen LogP contribution is -2.34. The van der Waals surface area contributed by atoms with Crippen molar-refractivity contribution in [2.45, 2.75) is 25.9 Å². The van der Waals surface area contributed by atoms with E-state index in [4.69, 9.17) is 9.47 Å². The third kappa shape index (κ3) is 5.38. The van der Waals surface area contributed by atoms with E-state index >= 15 is 0 Å². The summed E-state index contributed by atoms with van der Waals surface area (Å²) in [5.74, 6) is -1.68. The van der Waals surface area contributed by atoms with Gasteiger partial charge in [-0.1, -0.05) is 12.2 Å². The molecule has 8 nitrogen and oxygen atoms in total. The number of ketones is 2. The normalized spacial score (nSPS) is 15.0. The molecule has 2 aliphatic carbocycles. The maximum absolute atomic E-state index is 13.3. The molecule has 192 valence electrons. The van der Waals surface area contributed by atoms with Crippen LogP contribution in [0, 0.1) is 17.2 Å². The number of hydrogen-bond acceptors (Lipinski definition) is 7. The first-order chi connectivity index (χ1) is 18.9. The highest BCUT2D eigenvalue weighted by Crippen LogP contribution is 2.37. The molecule has 0 radical (unpaired) electrons. The van der Waals surface area contributed by atoms with Crippen molar-refractivity contribution in [2.75, 3.05) is 0 Å². The van der Waals surface area contributed by atoms with E-state index in [9.17, 15) is 14.9 Å². The van der Waals surface area contributed by atoms with Gasteiger partial charge in [0.15, 0.2) is 29.2 Å². The quantitative estimate of drug-likeness (QED) is 0.169. The number of pyridine rings is 1. The number of allylic oxidation sites excluding steroid dienone is 4. The number of ether oxygens (including phenoxy) is 2. The molecule has 1 N–H and O–H groups in total. The number of carbonyl (C=O) groups is 2. The molecule has 0 saturated carbocycles. The standard InChI is InChI=1S/C30H21BrN4O4/c1-16(38-23-6-8-24(9-7-23)39-30-34-26-13-22(31)15-33-29(26)35-30)27(36)25(14-32)28(37)21-11-19(17-2-3-17)10-20(12-21)18-4-5-18/h2,4,6-13,15-16,25H,3,5H2,1H3,(H,33,34,35). The van der Waals surface area contributed by atoms with Crippen molar-refractivity contribution in [3.63, 3.8) is 0 Å². The molecule has 2 unspecified atom stereocenters. The average Bonchev–Trinajstić information content (AvgIpc) is 3.86. The highest BCUT2D eigenvalue weighted by molar-refractivity contribution is 9.10. The number of fused-ring (bicyclic) bond motifs is 1. The van der Waals surface area contributed by atoms with Crippen LogP contribution in [-0.4, -0.2) is 32.6 Å². The van der Waals surface area contributed by atoms with Crippen molar-refractivity contribution in [2.24, 2.45) is 5.92 Å². The molecule has 2 aliphatic rings. The first-order valence-corrected chi connectivity index (χ1v) is 13.1. The lowest BCUT2D eigenvalue weighted by Gasteiger charge is -2.17. The fourth-order valence-electron chi connectivity index (χ4n) is 4.23. The Morgan fingerprint density at radius 2 is 1.67 bits per heavy atom. The van der Waals surface area contributed by atoms with E-state index < -0.39 is 23.6 Å². The molecule has 0 bridgehead atoms. The van der Waals surface area contributed by atoms with Gasteiger partial charge in [-0.3, -0.25) is 9.59 Å². The van der Waals surface area contributed by atoms with E-state index in [0.29, 0.717) is 22.7 Å². The monoisotopic (exact) mass is 580 g/mol. The predicted octanol–water partition coefficient (Wildman–Crippen LogP) is 6.45. The summed E-state index contributed by atoms with van der Waals surface area (Å²) < 4.78 is 12.4. The number of carbonyl (C=O) groups excluding carboxylic acids is 2. The lowest BCUT2D eigenvalue weighted by atomic mass is 9.90. The van der Waals surface area contributed by atoms with E-state index in [1.165, 1.54) is 18.1 Å². The highest BCUT2D eigenvalue weighted by atomic mass is 79.9. The van der Waals surface area contributed by atoms with Gasteiger partial charge in [0.2, 0.25) is 0 Å². The number of nitrogens with one attached hydrogen (secondary N) is 1. The van der Waals surface area contributed by atoms with Gasteiger partial charge in [-0.2, -0.15) is 10.2 Å². The second-order valence-electron chi connectivity index (χ2n) is 9.39. The van der Waals surface area contributed by atoms with E-state index in [0.717, 1.165) is 34.0 Å². The Bertz CT molecular complexity index is 1710. The van der Waals surface area contributed by atoms with Crippen LogP contribution < -0.4 is 9.47 Å². The van der Waals surface area contributed by atoms with E-state index in [1.807, 2.05) is 12.1 Å². The summed E-state index contributed by atoms with van der Waals surface area (Å²) in [5.41, 5.74) is 5.88. The summed E-state index contributed by atoms with van der Waals surface area (Å²) in [6, 6.07) is 16.2. The van der Waals surface area contributed by atoms with E-state index in [2.05, 4.69) is 49.1 Å². The van der Waals surface area contributed by atoms with Crippen LogP contribution in [0.4, 0.5) is 0 Å². The van der Waals surface area contributed by atoms with Crippen molar-refractivity contribution in [1.82, 2.24) is 15.0 Å². The topological polar surface area (TPSA) is 118 Å². The van der Waals surface area contributed by atoms with Crippen LogP contribution in [0.2, 0.25) is 0 Å². The SMILES string of the molecule is CC(Oc1ccc(Oc2nc3ncc(Br)cc3[nH]2)cc1)C(=O)C(C#N)C(=O)c1cc(C2=CC2)cc(C2=CC2)c1. The molecule has 0 aliphatic heterocycles. The smallest absolute Gasteiger partial charge is 0.301 e. The summed E-state index contributed by atoms with van der Waals surface area (Å²) in [7, 11) is 0. The Morgan fingerprint density at radius 3 is 2.28 bits per heavy atom. The Kier molecular flexibility index (Phi) is 6.33. The molecule has 6 rings (SSSR count). The maximum Gasteiger partial charge on any atom is 0.301 e. The minimum Gasteiger partial charge on any atom is -0.483 e. The van der Waals surface area contributed by atoms with Crippen LogP contribution in [0.3, 0.4) is 0 Å². The molecule has 9 heteroatoms. The number of Topliss-reactive ketones (excluding diaryl/α,β-unsaturated/α-hetero) is 2. The zero-order chi connectivity index (χ0) is 27.1. The van der Waals surface area contributed by atoms with Crippen molar-refractivity contribution >= 4 is 49.8 Å². The van der Waals surface area contributed by atoms with Gasteiger partial charge < -0.3 is 14.5 Å². The Labute approximate surface area is 232 Å². The second-order valence-corrected chi connectivity index (χ2v) is 10.3. The molecule has 2 aromatic heterocycles. The van der Waals surface area contributed by atoms with Gasteiger partial charge >= 0.3 is 6.01 Å². The molecule has 0 saturated heterocycles. The number of imidazole rings is 1. The third-order valence-electron chi connectivity index (χ3n) is 6.49. The zero-order valence-corrected chi connectivity index (χ0v) is 22.4. The predicted molar refractivity (Wildman–Crippen MR) is 148 cm³/mol. The van der Waals surface area contributed by atoms with Gasteiger partial charge in [0.05, 0.1) is 11.6 Å². The highest BCUT2D eigenvalue weighted by Gasteiger charge is 2.33. The first-order valence-electron chi connectivity index (χ1n) is 12.4. The van der Waals surface area contributed by atoms with Gasteiger partial charge in [0.1, 0.15) is 11.5 Å². The largest absolute Gasteiger partial charge is 0.483 e. The van der Waals surface area contributed by atoms with Crippen LogP contribution in [0.25, 0.3) is 22.3 Å². The van der Waals surface area contributed by atoms with Crippen LogP contribution in [-0.2, 0) is 4.79 Å². The summed E-state index contributed by atoms with van der Waals surface area (Å²) >= 11 is 3.37. The molecular weight excluding hydrogens is 560 g/mol. The molecular formula is C30H21BrN4O4. The number of rotatable bonds is 10. The van der Waals surface area contributed by atoms with Gasteiger partial charge in [-0.15, -0.1) is 0 Å². The fraction of sp³-hybridized carbons (Fsp3) is 0.167. The number of H-pyrrole nitrogens is 1. The average molecular weight is 581 g/mol. The van der Waals surface area contributed by atoms with Gasteiger partial charge in [0.25, 0.3) is 0 Å². The van der Waals surface area contributed by atoms with Crippen molar-refractivity contribution < 1.29 is 19.1 Å². The number of hydrogen-bond donors (Lipinski definition) is 1. The van der Waals surface area contributed by atoms with Crippen molar-refractivity contribution in [1.29, 1.82) is 5.26 Å². The zero-order valence-electron chi connectivity index (χ0n) is 20.8. The van der Waals surface area contributed by atoms with Crippen molar-refractivity contribution in [3.8, 4) is 23.6 Å². The summed E-state index contributed by atoms with van der Waals surface area (Å²) in [6.45, 7) is 1.54. The van der Waals surface area contributed by atoms with Crippen molar-refractivity contribution in [3.05, 3.63) is 88.0 Å². The Balaban J connectivity index is 1.13. The Morgan fingerprint density at radius 1 is 1.03 bits per heavy atom. The number of nitriles is 1. The minimum atomic E-state index is -1.46. The number of halogens is 1. The maximum atomic E-state index is 13.3. The number of nitrogens with zero attached hydrogens (tertiary/aromatic N) is 3. The molecule has 2 heterocycles. The molecule has 39 heavy (non-hydrogen) atoms. The van der Waals surface area contributed by atoms with Gasteiger partial charge in [-0.05, 0) is 106 Å². The summed E-state index contributed by atoms with van der Waals surface area (Å²) in [4.78, 5) is 38.0. The molecule has 2 atom stereocenters. The van der Waals surface area contributed by atoms with Crippen LogP contribution in [0.5, 0.6) is 17.5 Å². The first kappa shape index (κ1) is 24.8. The van der Waals surface area contributed by atoms with Crippen LogP contribution >= 0.6 is 15.9 Å². The molecule has 0 fully saturated rings. The molecule has 2 aromatic carbocycles. The number of aromatic amines is 1. The fourth-order valence-corrected chi connectivity index (χ4v) is 4.56. The summed E-state index contributed by atoms with van der Waals surface area (Å²) in [6.07, 6.45) is 6.59. The van der Waals surface area contributed by atoms with Crippen LogP contribution in [0.1, 0.15) is 41.3 Å². The van der Waals surface area contributed by atoms with Gasteiger partial charge in [-0.25, -0.2) is 4.98 Å². The van der Waals surface area contributed by atoms with E-state index in [-0.39, 0.29) is 6.01 Å². The molecule has 4 aromatic rings. The third-order valence-corrected chi connectivity index (χ3v) is 6.92. The van der Waals surface area contributed by atoms with E-state index in [1.54, 1.807) is 42.6 Å². The van der Waals surface area contributed by atoms with Gasteiger partial charge in [0, 0.05) is 16.2 Å². The number of benzene rings is 2. The summed E-state index contributed by atoms with van der Waals surface area (Å²) in [5, 5.41) is 9.77. The number of aromatic nitrogens is 3. The van der Waals surface area contributed by atoms with Crippen LogP contribution in [0.15, 0.2) is 71.4 Å². The Hall–Kier alpha value is -4.55. The second kappa shape index (κ2) is 9.97. The minimum absolute atomic E-state index is 0.284. The lowest BCUT2D eigenvalue weighted by molar-refractivity contribution is -0.126.